The molecular formula is C20H14S5. The Bertz CT molecular complexity index is 1160. The minimum Gasteiger partial charge on any atom is -0.155 e. The van der Waals surface area contributed by atoms with E-state index in [2.05, 4.69) is 59.9 Å². The predicted octanol–water partition coefficient (Wildman–Crippen LogP) is 7.96. The monoisotopic (exact) mass is 414 g/mol. The molecular weight excluding hydrogens is 401 g/mol. The number of benzene rings is 2. The van der Waals surface area contributed by atoms with Crippen molar-refractivity contribution < 1.29 is 0 Å². The molecule has 1 aliphatic rings. The van der Waals surface area contributed by atoms with Gasteiger partial charge in [-0.3, -0.25) is 0 Å². The van der Waals surface area contributed by atoms with Crippen molar-refractivity contribution in [2.24, 2.45) is 0 Å². The molecule has 0 nitrogen and oxygen atoms in total. The molecule has 0 spiro atoms. The zero-order chi connectivity index (χ0) is 16.4. The largest absolute Gasteiger partial charge is 0.155 e. The van der Waals surface area contributed by atoms with Crippen molar-refractivity contribution in [2.45, 2.75) is 11.5 Å². The van der Waals surface area contributed by atoms with Crippen LogP contribution in [0.5, 0.6) is 0 Å². The first-order valence-electron chi connectivity index (χ1n) is 8.31. The summed E-state index contributed by atoms with van der Waals surface area (Å²) in [6, 6.07) is 14.3. The van der Waals surface area contributed by atoms with Gasteiger partial charge in [0.05, 0.1) is 0 Å². The summed E-state index contributed by atoms with van der Waals surface area (Å²) < 4.78 is 5.75. The van der Waals surface area contributed by atoms with Gasteiger partial charge in [0.25, 0.3) is 0 Å². The number of fused-ring (bicyclic) bond motifs is 2. The van der Waals surface area contributed by atoms with Crippen molar-refractivity contribution in [2.75, 3.05) is 11.5 Å². The summed E-state index contributed by atoms with van der Waals surface area (Å²) in [6.45, 7) is 0. The fourth-order valence-corrected chi connectivity index (χ4v) is 9.34. The van der Waals surface area contributed by atoms with E-state index >= 15 is 0 Å². The standard InChI is InChI=1S/C20H14S5/c1-3-17-19-13-7-11(23-15(1)13)9-21-5-6-22-10-12-8-14-16(24-12)2-4-18(25-17)20(14)19/h1-4,7-8H,5-6,9-10H2. The Morgan fingerprint density at radius 1 is 0.560 bits per heavy atom. The van der Waals surface area contributed by atoms with Gasteiger partial charge < -0.3 is 0 Å². The maximum Gasteiger partial charge on any atom is 0.0362 e. The third-order valence-corrected chi connectivity index (χ3v) is 10.7. The zero-order valence-corrected chi connectivity index (χ0v) is 17.4. The lowest BCUT2D eigenvalue weighted by molar-refractivity contribution is 1.46. The molecule has 6 rings (SSSR count). The Hall–Kier alpha value is -0.720. The van der Waals surface area contributed by atoms with Crippen molar-refractivity contribution in [1.29, 1.82) is 0 Å². The highest BCUT2D eigenvalue weighted by atomic mass is 32.2. The molecule has 0 atom stereocenters. The fourth-order valence-electron chi connectivity index (χ4n) is 3.70. The molecule has 0 radical (unpaired) electrons. The summed E-state index contributed by atoms with van der Waals surface area (Å²) in [5, 5.41) is 5.92. The van der Waals surface area contributed by atoms with Crippen molar-refractivity contribution in [1.82, 2.24) is 0 Å². The normalized spacial score (nSPS) is 15.8. The van der Waals surface area contributed by atoms with E-state index in [9.17, 15) is 0 Å². The van der Waals surface area contributed by atoms with Crippen LogP contribution in [0.1, 0.15) is 9.75 Å². The quantitative estimate of drug-likeness (QED) is 0.252. The molecule has 2 aromatic carbocycles. The summed E-state index contributed by atoms with van der Waals surface area (Å²) >= 11 is 10.1. The number of thioether (sulfide) groups is 2. The van der Waals surface area contributed by atoms with E-state index in [1.54, 1.807) is 0 Å². The van der Waals surface area contributed by atoms with Crippen LogP contribution in [0.3, 0.4) is 0 Å². The van der Waals surface area contributed by atoms with Crippen LogP contribution < -0.4 is 0 Å². The van der Waals surface area contributed by atoms with Crippen LogP contribution in [0.25, 0.3) is 40.3 Å². The molecule has 0 saturated heterocycles. The Morgan fingerprint density at radius 3 is 1.56 bits per heavy atom. The minimum absolute atomic E-state index is 1.15. The second-order valence-electron chi connectivity index (χ2n) is 6.33. The number of thiophene rings is 3. The van der Waals surface area contributed by atoms with Crippen LogP contribution in [-0.4, -0.2) is 11.5 Å². The van der Waals surface area contributed by atoms with Gasteiger partial charge in [-0.05, 0) is 36.4 Å². The first kappa shape index (κ1) is 15.3. The molecule has 0 fully saturated rings. The van der Waals surface area contributed by atoms with Crippen LogP contribution in [-0.2, 0) is 11.5 Å². The van der Waals surface area contributed by atoms with Crippen molar-refractivity contribution in [3.05, 3.63) is 46.2 Å². The fraction of sp³-hybridized carbons (Fsp3) is 0.200. The Morgan fingerprint density at radius 2 is 1.04 bits per heavy atom. The smallest absolute Gasteiger partial charge is 0.0362 e. The lowest BCUT2D eigenvalue weighted by atomic mass is 10.1. The molecule has 5 aromatic rings. The topological polar surface area (TPSA) is 0 Å². The van der Waals surface area contributed by atoms with Gasteiger partial charge in [0, 0.05) is 73.1 Å². The average molecular weight is 415 g/mol. The van der Waals surface area contributed by atoms with Gasteiger partial charge in [-0.1, -0.05) is 0 Å². The summed E-state index contributed by atoms with van der Waals surface area (Å²) in [5.74, 6) is 4.79. The van der Waals surface area contributed by atoms with Crippen LogP contribution in [0.4, 0.5) is 0 Å². The lowest BCUT2D eigenvalue weighted by Gasteiger charge is -2.00. The predicted molar refractivity (Wildman–Crippen MR) is 122 cm³/mol. The Labute approximate surface area is 166 Å². The van der Waals surface area contributed by atoms with E-state index in [0.717, 1.165) is 11.5 Å². The third kappa shape index (κ3) is 2.40. The Kier molecular flexibility index (Phi) is 3.62. The SMILES string of the molecule is c1cc2sc3ccc4sc5cc4c3c2c2cc(sc12)CSCCSC5. The van der Waals surface area contributed by atoms with E-state index in [-0.39, 0.29) is 0 Å². The highest BCUT2D eigenvalue weighted by Crippen LogP contribution is 2.46. The summed E-state index contributed by atoms with van der Waals surface area (Å²) in [6.07, 6.45) is 0. The van der Waals surface area contributed by atoms with E-state index < -0.39 is 0 Å². The van der Waals surface area contributed by atoms with Gasteiger partial charge in [-0.15, -0.1) is 34.0 Å². The molecule has 0 N–H and O–H groups in total. The van der Waals surface area contributed by atoms with E-state index in [1.807, 2.05) is 34.0 Å². The van der Waals surface area contributed by atoms with Gasteiger partial charge >= 0.3 is 0 Å². The number of hydrogen-bond donors (Lipinski definition) is 0. The van der Waals surface area contributed by atoms with Gasteiger partial charge in [0.15, 0.2) is 0 Å². The molecule has 1 aliphatic heterocycles. The Balaban J connectivity index is 1.81. The molecule has 3 aromatic heterocycles. The van der Waals surface area contributed by atoms with Crippen LogP contribution in [0.2, 0.25) is 0 Å². The summed E-state index contributed by atoms with van der Waals surface area (Å²) in [5.41, 5.74) is 0. The summed E-state index contributed by atoms with van der Waals surface area (Å²) in [4.78, 5) is 3.04. The molecule has 4 heterocycles. The molecule has 0 amide bonds. The van der Waals surface area contributed by atoms with Crippen LogP contribution in [0, 0.1) is 0 Å². The average Bonchev–Trinajstić information content (AvgIpc) is 3.29. The summed E-state index contributed by atoms with van der Waals surface area (Å²) in [7, 11) is 0. The second kappa shape index (κ2) is 5.89. The zero-order valence-electron chi connectivity index (χ0n) is 13.3. The number of hydrogen-bond acceptors (Lipinski definition) is 5. The van der Waals surface area contributed by atoms with Gasteiger partial charge in [-0.25, -0.2) is 0 Å². The van der Waals surface area contributed by atoms with Gasteiger partial charge in [0.2, 0.25) is 0 Å². The molecule has 0 saturated carbocycles. The van der Waals surface area contributed by atoms with Crippen molar-refractivity contribution >= 4 is 97.9 Å². The minimum atomic E-state index is 1.15. The van der Waals surface area contributed by atoms with Crippen molar-refractivity contribution in [3.8, 4) is 0 Å². The molecule has 124 valence electrons. The number of rotatable bonds is 0. The third-order valence-electron chi connectivity index (χ3n) is 4.76. The maximum atomic E-state index is 2.46. The molecule has 4 bridgehead atoms. The maximum absolute atomic E-state index is 2.46. The highest BCUT2D eigenvalue weighted by molar-refractivity contribution is 8.02. The van der Waals surface area contributed by atoms with Crippen LogP contribution in [0.15, 0.2) is 36.4 Å². The van der Waals surface area contributed by atoms with Crippen molar-refractivity contribution in [3.63, 3.8) is 0 Å². The molecule has 0 unspecified atom stereocenters. The first-order valence-corrected chi connectivity index (χ1v) is 13.1. The van der Waals surface area contributed by atoms with E-state index in [1.165, 1.54) is 61.6 Å². The molecule has 25 heavy (non-hydrogen) atoms. The molecule has 5 heteroatoms. The van der Waals surface area contributed by atoms with Gasteiger partial charge in [0.1, 0.15) is 0 Å². The first-order chi connectivity index (χ1) is 12.4. The van der Waals surface area contributed by atoms with E-state index in [0.29, 0.717) is 0 Å². The highest BCUT2D eigenvalue weighted by Gasteiger charge is 2.16. The van der Waals surface area contributed by atoms with Gasteiger partial charge in [-0.2, -0.15) is 23.5 Å². The van der Waals surface area contributed by atoms with E-state index in [4.69, 9.17) is 0 Å². The van der Waals surface area contributed by atoms with Crippen LogP contribution >= 0.6 is 57.5 Å². The molecule has 0 aliphatic carbocycles. The second-order valence-corrected chi connectivity index (χ2v) is 12.0. The lowest BCUT2D eigenvalue weighted by Crippen LogP contribution is -1.85.